The van der Waals surface area contributed by atoms with E-state index in [1.807, 2.05) is 73.7 Å². The van der Waals surface area contributed by atoms with Crippen molar-refractivity contribution in [3.8, 4) is 11.1 Å². The summed E-state index contributed by atoms with van der Waals surface area (Å²) in [7, 11) is -3.77. The smallest absolute Gasteiger partial charge is 0.286 e. The summed E-state index contributed by atoms with van der Waals surface area (Å²) in [6, 6.07) is 20.5. The summed E-state index contributed by atoms with van der Waals surface area (Å²) in [5, 5.41) is 9.96. The van der Waals surface area contributed by atoms with Crippen molar-refractivity contribution in [3.63, 3.8) is 0 Å². The van der Waals surface area contributed by atoms with Gasteiger partial charge in [0.1, 0.15) is 10.3 Å². The summed E-state index contributed by atoms with van der Waals surface area (Å²) in [6.45, 7) is 1.90. The second-order valence-corrected chi connectivity index (χ2v) is 13.5. The first-order chi connectivity index (χ1) is 19.3. The van der Waals surface area contributed by atoms with Gasteiger partial charge in [0.2, 0.25) is 17.7 Å². The van der Waals surface area contributed by atoms with Crippen molar-refractivity contribution in [1.29, 1.82) is 0 Å². The van der Waals surface area contributed by atoms with E-state index in [1.54, 1.807) is 0 Å². The molecule has 1 fully saturated rings. The van der Waals surface area contributed by atoms with E-state index in [4.69, 9.17) is 9.40 Å². The monoisotopic (exact) mass is 590 g/mol. The van der Waals surface area contributed by atoms with Gasteiger partial charge in [-0.15, -0.1) is 21.5 Å². The molecule has 3 heterocycles. The number of amides is 2. The van der Waals surface area contributed by atoms with Crippen LogP contribution in [0.4, 0.5) is 4.79 Å². The Bertz CT molecular complexity index is 1850. The molecule has 2 aromatic heterocycles. The van der Waals surface area contributed by atoms with E-state index < -0.39 is 20.3 Å². The van der Waals surface area contributed by atoms with E-state index in [-0.39, 0.29) is 41.2 Å². The van der Waals surface area contributed by atoms with Crippen molar-refractivity contribution >= 4 is 54.3 Å². The van der Waals surface area contributed by atoms with Crippen LogP contribution < -0.4 is 5.32 Å². The van der Waals surface area contributed by atoms with Gasteiger partial charge < -0.3 is 4.42 Å². The van der Waals surface area contributed by atoms with Crippen LogP contribution in [-0.2, 0) is 33.2 Å². The number of hydrogen-bond donors (Lipinski definition) is 1. The standard InChI is InChI=1S/C28H22N4O5S3/c1-16-12-19-25(39-23(29-19)14-22-32-31-21(37-22)13-20-27(33)30-28(34)38-20)26(24(16)18-10-6-3-7-11-18)40(35,36)15-17-8-4-2-5-9-17/h2-12,20H,13-15H2,1H3,(H,30,33,34). The van der Waals surface area contributed by atoms with Crippen molar-refractivity contribution < 1.29 is 22.4 Å². The molecule has 0 saturated carbocycles. The lowest BCUT2D eigenvalue weighted by atomic mass is 10.0. The molecule has 0 aliphatic carbocycles. The van der Waals surface area contributed by atoms with E-state index >= 15 is 0 Å². The molecule has 1 atom stereocenters. The van der Waals surface area contributed by atoms with Gasteiger partial charge in [0.15, 0.2) is 9.84 Å². The number of carbonyl (C=O) groups is 2. The number of hydrogen-bond acceptors (Lipinski definition) is 10. The normalized spacial score (nSPS) is 15.6. The number of nitrogens with zero attached hydrogens (tertiary/aromatic N) is 3. The SMILES string of the molecule is Cc1cc2nc(Cc3nnc(CC4SC(=O)NC4=O)o3)sc2c(S(=O)(=O)Cc2ccccc2)c1-c1ccccc1. The van der Waals surface area contributed by atoms with Crippen LogP contribution in [0.5, 0.6) is 0 Å². The number of aryl methyl sites for hydroxylation is 1. The summed E-state index contributed by atoms with van der Waals surface area (Å²) >= 11 is 2.18. The lowest BCUT2D eigenvalue weighted by Gasteiger charge is -2.15. The van der Waals surface area contributed by atoms with E-state index in [2.05, 4.69) is 15.5 Å². The number of thiazole rings is 1. The first-order valence-electron chi connectivity index (χ1n) is 12.3. The highest BCUT2D eigenvalue weighted by atomic mass is 32.2. The Morgan fingerprint density at radius 1 is 0.975 bits per heavy atom. The Labute approximate surface area is 238 Å². The summed E-state index contributed by atoms with van der Waals surface area (Å²) in [4.78, 5) is 28.3. The number of aromatic nitrogens is 3. The van der Waals surface area contributed by atoms with Crippen molar-refractivity contribution in [2.75, 3.05) is 0 Å². The highest BCUT2D eigenvalue weighted by Gasteiger charge is 2.33. The maximum atomic E-state index is 14.0. The van der Waals surface area contributed by atoms with Crippen molar-refractivity contribution in [3.05, 3.63) is 94.6 Å². The average molecular weight is 591 g/mol. The number of fused-ring (bicyclic) bond motifs is 1. The Morgan fingerprint density at radius 3 is 2.38 bits per heavy atom. The Hall–Kier alpha value is -3.87. The largest absolute Gasteiger partial charge is 0.425 e. The zero-order valence-corrected chi connectivity index (χ0v) is 23.6. The molecule has 1 N–H and O–H groups in total. The van der Waals surface area contributed by atoms with Gasteiger partial charge in [-0.1, -0.05) is 72.4 Å². The molecule has 2 amide bonds. The number of thioether (sulfide) groups is 1. The van der Waals surface area contributed by atoms with Gasteiger partial charge in [0.05, 0.1) is 27.3 Å². The number of sulfone groups is 1. The lowest BCUT2D eigenvalue weighted by molar-refractivity contribution is -0.119. The van der Waals surface area contributed by atoms with Gasteiger partial charge in [-0.05, 0) is 29.7 Å². The van der Waals surface area contributed by atoms with Crippen molar-refractivity contribution in [1.82, 2.24) is 20.5 Å². The van der Waals surface area contributed by atoms with Gasteiger partial charge in [0, 0.05) is 12.0 Å². The molecule has 1 aliphatic heterocycles. The Morgan fingerprint density at radius 2 is 1.68 bits per heavy atom. The second-order valence-electron chi connectivity index (χ2n) is 9.32. The minimum atomic E-state index is -3.77. The Kier molecular flexibility index (Phi) is 6.99. The first kappa shape index (κ1) is 26.4. The van der Waals surface area contributed by atoms with Crippen LogP contribution in [0.3, 0.4) is 0 Å². The molecular weight excluding hydrogens is 569 g/mol. The van der Waals surface area contributed by atoms with E-state index in [0.29, 0.717) is 26.4 Å². The van der Waals surface area contributed by atoms with Crippen LogP contribution in [0.25, 0.3) is 21.3 Å². The number of carbonyl (C=O) groups excluding carboxylic acids is 2. The van der Waals surface area contributed by atoms with Crippen LogP contribution in [0.2, 0.25) is 0 Å². The molecule has 1 saturated heterocycles. The topological polar surface area (TPSA) is 132 Å². The molecule has 1 unspecified atom stereocenters. The molecule has 9 nitrogen and oxygen atoms in total. The van der Waals surface area contributed by atoms with Crippen LogP contribution in [-0.4, -0.2) is 40.0 Å². The van der Waals surface area contributed by atoms with E-state index in [1.165, 1.54) is 11.3 Å². The maximum absolute atomic E-state index is 14.0. The number of benzene rings is 3. The van der Waals surface area contributed by atoms with Crippen LogP contribution in [0.15, 0.2) is 76.0 Å². The summed E-state index contributed by atoms with van der Waals surface area (Å²) < 4.78 is 34.4. The molecule has 202 valence electrons. The average Bonchev–Trinajstić information content (AvgIpc) is 3.62. The van der Waals surface area contributed by atoms with Crippen molar-refractivity contribution in [2.24, 2.45) is 0 Å². The zero-order chi connectivity index (χ0) is 27.9. The maximum Gasteiger partial charge on any atom is 0.286 e. The molecule has 40 heavy (non-hydrogen) atoms. The van der Waals surface area contributed by atoms with Gasteiger partial charge in [0.25, 0.3) is 5.24 Å². The molecule has 3 aromatic carbocycles. The fourth-order valence-corrected chi connectivity index (χ4v) is 8.72. The van der Waals surface area contributed by atoms with E-state index in [0.717, 1.165) is 22.9 Å². The first-order valence-corrected chi connectivity index (χ1v) is 15.7. The minimum Gasteiger partial charge on any atom is -0.425 e. The predicted molar refractivity (Wildman–Crippen MR) is 153 cm³/mol. The van der Waals surface area contributed by atoms with Gasteiger partial charge >= 0.3 is 0 Å². The van der Waals surface area contributed by atoms with Crippen molar-refractivity contribution in [2.45, 2.75) is 35.7 Å². The molecule has 5 aromatic rings. The summed E-state index contributed by atoms with van der Waals surface area (Å²) in [5.74, 6) is 0.0147. The third-order valence-electron chi connectivity index (χ3n) is 6.39. The van der Waals surface area contributed by atoms with Crippen LogP contribution >= 0.6 is 23.1 Å². The van der Waals surface area contributed by atoms with E-state index in [9.17, 15) is 18.0 Å². The molecule has 0 spiro atoms. The van der Waals surface area contributed by atoms with Gasteiger partial charge in [-0.2, -0.15) is 0 Å². The highest BCUT2D eigenvalue weighted by Crippen LogP contribution is 2.41. The zero-order valence-electron chi connectivity index (χ0n) is 21.2. The summed E-state index contributed by atoms with van der Waals surface area (Å²) in [5.41, 5.74) is 3.58. The van der Waals surface area contributed by atoms with Gasteiger partial charge in [-0.25, -0.2) is 13.4 Å². The number of nitrogens with one attached hydrogen (secondary N) is 1. The van der Waals surface area contributed by atoms with Crippen LogP contribution in [0.1, 0.15) is 27.9 Å². The number of imide groups is 1. The Balaban J connectivity index is 1.38. The molecule has 0 radical (unpaired) electrons. The lowest BCUT2D eigenvalue weighted by Crippen LogP contribution is -2.25. The predicted octanol–water partition coefficient (Wildman–Crippen LogP) is 5.11. The third-order valence-corrected chi connectivity index (χ3v) is 10.3. The highest BCUT2D eigenvalue weighted by molar-refractivity contribution is 8.15. The molecule has 0 bridgehead atoms. The molecule has 12 heteroatoms. The molecule has 1 aliphatic rings. The minimum absolute atomic E-state index is 0.136. The fourth-order valence-electron chi connectivity index (χ4n) is 4.67. The second kappa shape index (κ2) is 10.6. The summed E-state index contributed by atoms with van der Waals surface area (Å²) in [6.07, 6.45) is 0.337. The van der Waals surface area contributed by atoms with Gasteiger partial charge in [-0.3, -0.25) is 14.9 Å². The fraction of sp³-hybridized carbons (Fsp3) is 0.179. The molecule has 6 rings (SSSR count). The molecular formula is C28H22N4O5S3. The third kappa shape index (κ3) is 5.29. The van der Waals surface area contributed by atoms with Crippen LogP contribution in [0, 0.1) is 6.92 Å². The number of rotatable bonds is 8. The quantitative estimate of drug-likeness (QED) is 0.262.